The Morgan fingerprint density at radius 2 is 2.07 bits per heavy atom. The number of aromatic nitrogens is 1. The molecular formula is C20H23FIN5O2. The quantitative estimate of drug-likeness (QED) is 0.146. The summed E-state index contributed by atoms with van der Waals surface area (Å²) >= 11 is 0. The summed E-state index contributed by atoms with van der Waals surface area (Å²) in [6.07, 6.45) is 2.63. The molecule has 154 valence electrons. The summed E-state index contributed by atoms with van der Waals surface area (Å²) in [4.78, 5) is 18.0. The SMILES string of the molecule is CCNC(=NCc1cccc([N+](=O)[O-])c1)NCCc1c[nH]c2cc(F)ccc12.I. The number of nitro groups is 1. The fraction of sp³-hybridized carbons (Fsp3) is 0.250. The molecule has 0 aliphatic heterocycles. The van der Waals surface area contributed by atoms with Gasteiger partial charge in [0.15, 0.2) is 5.96 Å². The highest BCUT2D eigenvalue weighted by Crippen LogP contribution is 2.19. The minimum Gasteiger partial charge on any atom is -0.361 e. The largest absolute Gasteiger partial charge is 0.361 e. The van der Waals surface area contributed by atoms with Crippen LogP contribution >= 0.6 is 24.0 Å². The van der Waals surface area contributed by atoms with Gasteiger partial charge in [-0.3, -0.25) is 10.1 Å². The van der Waals surface area contributed by atoms with E-state index >= 15 is 0 Å². The second-order valence-corrected chi connectivity index (χ2v) is 6.30. The summed E-state index contributed by atoms with van der Waals surface area (Å²) in [6, 6.07) is 11.2. The highest BCUT2D eigenvalue weighted by Gasteiger charge is 2.07. The number of hydrogen-bond donors (Lipinski definition) is 3. The third-order valence-corrected chi connectivity index (χ3v) is 4.30. The van der Waals surface area contributed by atoms with Crippen LogP contribution in [0.25, 0.3) is 10.9 Å². The first kappa shape index (κ1) is 22.6. The molecule has 29 heavy (non-hydrogen) atoms. The van der Waals surface area contributed by atoms with Crippen molar-refractivity contribution in [2.45, 2.75) is 19.9 Å². The van der Waals surface area contributed by atoms with Gasteiger partial charge in [-0.25, -0.2) is 9.38 Å². The number of aliphatic imine (C=N–C) groups is 1. The smallest absolute Gasteiger partial charge is 0.269 e. The lowest BCUT2D eigenvalue weighted by Gasteiger charge is -2.11. The van der Waals surface area contributed by atoms with Crippen LogP contribution in [0.2, 0.25) is 0 Å². The molecule has 0 amide bonds. The van der Waals surface area contributed by atoms with Crippen molar-refractivity contribution in [3.05, 3.63) is 75.7 Å². The van der Waals surface area contributed by atoms with Gasteiger partial charge in [0.2, 0.25) is 0 Å². The molecule has 0 radical (unpaired) electrons. The van der Waals surface area contributed by atoms with Crippen LogP contribution in [-0.2, 0) is 13.0 Å². The second kappa shape index (κ2) is 10.7. The Hall–Kier alpha value is -2.69. The zero-order valence-corrected chi connectivity index (χ0v) is 18.3. The lowest BCUT2D eigenvalue weighted by Crippen LogP contribution is -2.38. The van der Waals surface area contributed by atoms with Gasteiger partial charge in [-0.1, -0.05) is 12.1 Å². The maximum Gasteiger partial charge on any atom is 0.269 e. The highest BCUT2D eigenvalue weighted by atomic mass is 127. The Bertz CT molecular complexity index is 1010. The Morgan fingerprint density at radius 1 is 1.24 bits per heavy atom. The molecule has 9 heteroatoms. The zero-order valence-electron chi connectivity index (χ0n) is 15.9. The highest BCUT2D eigenvalue weighted by molar-refractivity contribution is 14.0. The van der Waals surface area contributed by atoms with Crippen molar-refractivity contribution in [1.82, 2.24) is 15.6 Å². The molecule has 0 bridgehead atoms. The number of benzene rings is 2. The molecule has 3 rings (SSSR count). The summed E-state index contributed by atoms with van der Waals surface area (Å²) in [5.41, 5.74) is 2.70. The van der Waals surface area contributed by atoms with Gasteiger partial charge in [-0.05, 0) is 42.7 Å². The van der Waals surface area contributed by atoms with Gasteiger partial charge in [0.05, 0.1) is 11.5 Å². The third-order valence-electron chi connectivity index (χ3n) is 4.30. The van der Waals surface area contributed by atoms with Crippen molar-refractivity contribution in [2.24, 2.45) is 4.99 Å². The predicted octanol–water partition coefficient (Wildman–Crippen LogP) is 4.13. The van der Waals surface area contributed by atoms with Crippen molar-refractivity contribution in [2.75, 3.05) is 13.1 Å². The van der Waals surface area contributed by atoms with Crippen LogP contribution in [0.1, 0.15) is 18.1 Å². The van der Waals surface area contributed by atoms with Gasteiger partial charge in [0.25, 0.3) is 5.69 Å². The van der Waals surface area contributed by atoms with Crippen LogP contribution in [0.4, 0.5) is 10.1 Å². The van der Waals surface area contributed by atoms with Crippen molar-refractivity contribution in [3.8, 4) is 0 Å². The lowest BCUT2D eigenvalue weighted by molar-refractivity contribution is -0.384. The van der Waals surface area contributed by atoms with Crippen molar-refractivity contribution >= 4 is 46.5 Å². The number of fused-ring (bicyclic) bond motifs is 1. The fourth-order valence-electron chi connectivity index (χ4n) is 2.96. The molecule has 0 saturated carbocycles. The van der Waals surface area contributed by atoms with Gasteiger partial charge in [0, 0.05) is 42.3 Å². The molecular weight excluding hydrogens is 488 g/mol. The average Bonchev–Trinajstić information content (AvgIpc) is 3.08. The standard InChI is InChI=1S/C20H22FN5O2.HI/c1-2-22-20(25-12-14-4-3-5-17(10-14)26(27)28)23-9-8-15-13-24-19-11-16(21)6-7-18(15)19;/h3-7,10-11,13,24H,2,8-9,12H2,1H3,(H2,22,23,25);1H. The number of hydrogen-bond acceptors (Lipinski definition) is 3. The van der Waals surface area contributed by atoms with Gasteiger partial charge in [-0.15, -0.1) is 24.0 Å². The molecule has 0 fully saturated rings. The van der Waals surface area contributed by atoms with E-state index in [-0.39, 0.29) is 35.5 Å². The van der Waals surface area contributed by atoms with Crippen LogP contribution in [0, 0.1) is 15.9 Å². The maximum atomic E-state index is 13.3. The average molecular weight is 511 g/mol. The summed E-state index contributed by atoms with van der Waals surface area (Å²) in [6.45, 7) is 3.65. The van der Waals surface area contributed by atoms with E-state index in [4.69, 9.17) is 0 Å². The number of non-ortho nitro benzene ring substituents is 1. The number of nitro benzene ring substituents is 1. The molecule has 1 aromatic heterocycles. The Labute approximate surface area is 185 Å². The number of nitrogens with one attached hydrogen (secondary N) is 3. The molecule has 2 aromatic carbocycles. The first-order valence-electron chi connectivity index (χ1n) is 9.08. The molecule has 3 N–H and O–H groups in total. The Balaban J connectivity index is 0.00000300. The monoisotopic (exact) mass is 511 g/mol. The fourth-order valence-corrected chi connectivity index (χ4v) is 2.96. The van der Waals surface area contributed by atoms with E-state index in [1.165, 1.54) is 24.3 Å². The number of halogens is 2. The molecule has 0 saturated heterocycles. The molecule has 7 nitrogen and oxygen atoms in total. The number of guanidine groups is 1. The van der Waals surface area contributed by atoms with Crippen LogP contribution < -0.4 is 10.6 Å². The molecule has 3 aromatic rings. The van der Waals surface area contributed by atoms with Gasteiger partial charge >= 0.3 is 0 Å². The molecule has 0 aliphatic carbocycles. The van der Waals surface area contributed by atoms with Gasteiger partial charge in [-0.2, -0.15) is 0 Å². The molecule has 0 unspecified atom stereocenters. The van der Waals surface area contributed by atoms with E-state index in [0.717, 1.165) is 28.5 Å². The van der Waals surface area contributed by atoms with Crippen molar-refractivity contribution in [3.63, 3.8) is 0 Å². The van der Waals surface area contributed by atoms with Gasteiger partial charge in [0.1, 0.15) is 5.82 Å². The first-order valence-corrected chi connectivity index (χ1v) is 9.08. The number of aromatic amines is 1. The normalized spacial score (nSPS) is 11.2. The molecule has 1 heterocycles. The van der Waals surface area contributed by atoms with Crippen LogP contribution in [0.15, 0.2) is 53.7 Å². The van der Waals surface area contributed by atoms with Crippen LogP contribution in [-0.4, -0.2) is 29.0 Å². The summed E-state index contributed by atoms with van der Waals surface area (Å²) < 4.78 is 13.3. The topological polar surface area (TPSA) is 95.3 Å². The van der Waals surface area contributed by atoms with Crippen LogP contribution in [0.3, 0.4) is 0 Å². The Morgan fingerprint density at radius 3 is 2.83 bits per heavy atom. The van der Waals surface area contributed by atoms with E-state index in [9.17, 15) is 14.5 Å². The van der Waals surface area contributed by atoms with E-state index in [1.807, 2.05) is 19.2 Å². The summed E-state index contributed by atoms with van der Waals surface area (Å²) in [5, 5.41) is 18.3. The predicted molar refractivity (Wildman–Crippen MR) is 123 cm³/mol. The number of rotatable bonds is 7. The zero-order chi connectivity index (χ0) is 19.9. The first-order chi connectivity index (χ1) is 13.6. The maximum absolute atomic E-state index is 13.3. The Kier molecular flexibility index (Phi) is 8.37. The minimum absolute atomic E-state index is 0. The van der Waals surface area contributed by atoms with E-state index < -0.39 is 4.92 Å². The molecule has 0 aliphatic rings. The van der Waals surface area contributed by atoms with Crippen molar-refractivity contribution < 1.29 is 9.31 Å². The molecule has 0 atom stereocenters. The lowest BCUT2D eigenvalue weighted by atomic mass is 10.1. The summed E-state index contributed by atoms with van der Waals surface area (Å²) in [7, 11) is 0. The van der Waals surface area contributed by atoms with Crippen molar-refractivity contribution in [1.29, 1.82) is 0 Å². The minimum atomic E-state index is -0.413. The molecule has 0 spiro atoms. The number of nitrogens with zero attached hydrogens (tertiary/aromatic N) is 2. The van der Waals surface area contributed by atoms with Gasteiger partial charge < -0.3 is 15.6 Å². The second-order valence-electron chi connectivity index (χ2n) is 6.30. The van der Waals surface area contributed by atoms with E-state index in [2.05, 4.69) is 20.6 Å². The number of H-pyrrole nitrogens is 1. The summed E-state index contributed by atoms with van der Waals surface area (Å²) in [5.74, 6) is 0.377. The van der Waals surface area contributed by atoms with Crippen LogP contribution in [0.5, 0.6) is 0 Å². The third kappa shape index (κ3) is 6.14. The van der Waals surface area contributed by atoms with E-state index in [1.54, 1.807) is 12.1 Å². The van der Waals surface area contributed by atoms with E-state index in [0.29, 0.717) is 25.6 Å².